The van der Waals surface area contributed by atoms with Crippen molar-refractivity contribution in [1.29, 1.82) is 0 Å². The summed E-state index contributed by atoms with van der Waals surface area (Å²) in [5.41, 5.74) is 1.23. The Morgan fingerprint density at radius 1 is 1.09 bits per heavy atom. The number of carbonyl (C=O) groups excluding carboxylic acids is 3. The Hall–Kier alpha value is -3.52. The molecule has 9 heteroatoms. The first kappa shape index (κ1) is 25.7. The van der Waals surface area contributed by atoms with E-state index in [9.17, 15) is 14.4 Å². The van der Waals surface area contributed by atoms with Crippen LogP contribution < -0.4 is 20.1 Å². The fourth-order valence-corrected chi connectivity index (χ4v) is 3.05. The lowest BCUT2D eigenvalue weighted by Crippen LogP contribution is -2.29. The summed E-state index contributed by atoms with van der Waals surface area (Å²) in [6, 6.07) is 9.84. The molecule has 2 amide bonds. The maximum absolute atomic E-state index is 12.4. The van der Waals surface area contributed by atoms with Crippen LogP contribution in [0.4, 0.5) is 5.69 Å². The van der Waals surface area contributed by atoms with Crippen LogP contribution in [0.5, 0.6) is 11.5 Å². The second kappa shape index (κ2) is 12.5. The molecular formula is C24H27ClN2O6. The van der Waals surface area contributed by atoms with E-state index in [-0.39, 0.29) is 11.8 Å². The number of nitrogens with one attached hydrogen (secondary N) is 2. The normalized spacial score (nSPS) is 10.7. The van der Waals surface area contributed by atoms with Crippen molar-refractivity contribution in [3.8, 4) is 11.5 Å². The summed E-state index contributed by atoms with van der Waals surface area (Å²) >= 11 is 6.14. The zero-order chi connectivity index (χ0) is 24.4. The molecule has 0 atom stereocenters. The highest BCUT2D eigenvalue weighted by Gasteiger charge is 2.14. The number of amides is 2. The molecule has 0 aliphatic carbocycles. The van der Waals surface area contributed by atoms with Crippen LogP contribution in [0.2, 0.25) is 5.02 Å². The number of para-hydroxylation sites is 1. The molecule has 0 saturated carbocycles. The van der Waals surface area contributed by atoms with Gasteiger partial charge in [-0.1, -0.05) is 37.6 Å². The van der Waals surface area contributed by atoms with Crippen LogP contribution >= 0.6 is 11.6 Å². The molecule has 2 N–H and O–H groups in total. The molecule has 33 heavy (non-hydrogen) atoms. The maximum Gasteiger partial charge on any atom is 0.331 e. The minimum atomic E-state index is -0.723. The maximum atomic E-state index is 12.4. The van der Waals surface area contributed by atoms with Gasteiger partial charge in [-0.2, -0.15) is 0 Å². The number of hydrogen-bond acceptors (Lipinski definition) is 6. The summed E-state index contributed by atoms with van der Waals surface area (Å²) in [5.74, 6) is -0.512. The van der Waals surface area contributed by atoms with Crippen LogP contribution in [0, 0.1) is 5.92 Å². The molecular weight excluding hydrogens is 448 g/mol. The summed E-state index contributed by atoms with van der Waals surface area (Å²) in [6.07, 6.45) is 2.64. The SMILES string of the molecule is COc1cc(/C=C/C(=O)OCC(=O)Nc2ccccc2C(=O)NCC(C)C)cc(Cl)c1OC. The van der Waals surface area contributed by atoms with Gasteiger partial charge < -0.3 is 24.8 Å². The van der Waals surface area contributed by atoms with Crippen molar-refractivity contribution in [2.75, 3.05) is 32.7 Å². The number of methoxy groups -OCH3 is 2. The first-order chi connectivity index (χ1) is 15.7. The fraction of sp³-hybridized carbons (Fsp3) is 0.292. The summed E-state index contributed by atoms with van der Waals surface area (Å²) in [6.45, 7) is 3.96. The van der Waals surface area contributed by atoms with Crippen molar-refractivity contribution in [2.24, 2.45) is 5.92 Å². The van der Waals surface area contributed by atoms with Gasteiger partial charge in [0.05, 0.1) is 30.5 Å². The van der Waals surface area contributed by atoms with E-state index >= 15 is 0 Å². The number of esters is 1. The monoisotopic (exact) mass is 474 g/mol. The number of benzene rings is 2. The van der Waals surface area contributed by atoms with Crippen molar-refractivity contribution in [3.05, 3.63) is 58.6 Å². The standard InChI is InChI=1S/C24H27ClN2O6/c1-15(2)13-26-24(30)17-7-5-6-8-19(17)27-21(28)14-33-22(29)10-9-16-11-18(25)23(32-4)20(12-16)31-3/h5-12,15H,13-14H2,1-4H3,(H,26,30)(H,27,28)/b10-9+. The average Bonchev–Trinajstić information content (AvgIpc) is 2.79. The number of hydrogen-bond donors (Lipinski definition) is 2. The highest BCUT2D eigenvalue weighted by atomic mass is 35.5. The van der Waals surface area contributed by atoms with Gasteiger partial charge in [-0.05, 0) is 41.8 Å². The molecule has 2 aromatic rings. The highest BCUT2D eigenvalue weighted by Crippen LogP contribution is 2.36. The molecule has 0 aliphatic heterocycles. The van der Waals surface area contributed by atoms with Crippen molar-refractivity contribution >= 4 is 41.1 Å². The Balaban J connectivity index is 1.95. The average molecular weight is 475 g/mol. The van der Waals surface area contributed by atoms with Gasteiger partial charge in [0.25, 0.3) is 11.8 Å². The summed E-state index contributed by atoms with van der Waals surface area (Å²) in [4.78, 5) is 36.6. The van der Waals surface area contributed by atoms with Gasteiger partial charge in [0.1, 0.15) is 0 Å². The van der Waals surface area contributed by atoms with Gasteiger partial charge in [0.2, 0.25) is 0 Å². The lowest BCUT2D eigenvalue weighted by Gasteiger charge is -2.12. The number of rotatable bonds is 10. The van der Waals surface area contributed by atoms with Crippen LogP contribution in [0.3, 0.4) is 0 Å². The van der Waals surface area contributed by atoms with Gasteiger partial charge in [-0.3, -0.25) is 9.59 Å². The van der Waals surface area contributed by atoms with Crippen LogP contribution in [0.15, 0.2) is 42.5 Å². The summed E-state index contributed by atoms with van der Waals surface area (Å²) in [5, 5.41) is 5.72. The van der Waals surface area contributed by atoms with E-state index in [4.69, 9.17) is 25.8 Å². The van der Waals surface area contributed by atoms with E-state index in [0.717, 1.165) is 6.08 Å². The molecule has 0 heterocycles. The van der Waals surface area contributed by atoms with Crippen LogP contribution in [-0.2, 0) is 14.3 Å². The molecule has 8 nitrogen and oxygen atoms in total. The predicted octanol–water partition coefficient (Wildman–Crippen LogP) is 3.94. The molecule has 0 saturated heterocycles. The molecule has 0 aliphatic rings. The van der Waals surface area contributed by atoms with Crippen LogP contribution in [0.1, 0.15) is 29.8 Å². The van der Waals surface area contributed by atoms with Crippen molar-refractivity contribution in [1.82, 2.24) is 5.32 Å². The second-order valence-corrected chi connectivity index (χ2v) is 7.78. The molecule has 0 bridgehead atoms. The van der Waals surface area contributed by atoms with E-state index in [1.807, 2.05) is 13.8 Å². The van der Waals surface area contributed by atoms with Crippen LogP contribution in [0.25, 0.3) is 6.08 Å². The molecule has 2 aromatic carbocycles. The smallest absolute Gasteiger partial charge is 0.331 e. The minimum absolute atomic E-state index is 0.290. The zero-order valence-electron chi connectivity index (χ0n) is 18.9. The third-order valence-corrected chi connectivity index (χ3v) is 4.61. The molecule has 0 radical (unpaired) electrons. The Kier molecular flexibility index (Phi) is 9.75. The van der Waals surface area contributed by atoms with E-state index < -0.39 is 18.5 Å². The molecule has 0 fully saturated rings. The quantitative estimate of drug-likeness (QED) is 0.399. The van der Waals surface area contributed by atoms with Gasteiger partial charge in [-0.15, -0.1) is 0 Å². The van der Waals surface area contributed by atoms with Gasteiger partial charge >= 0.3 is 5.97 Å². The molecule has 176 valence electrons. The first-order valence-corrected chi connectivity index (χ1v) is 10.6. The van der Waals surface area contributed by atoms with Crippen molar-refractivity contribution < 1.29 is 28.6 Å². The van der Waals surface area contributed by atoms with Gasteiger partial charge in [0, 0.05) is 12.6 Å². The number of anilines is 1. The van der Waals surface area contributed by atoms with E-state index in [1.165, 1.54) is 20.3 Å². The Morgan fingerprint density at radius 2 is 1.82 bits per heavy atom. The predicted molar refractivity (Wildman–Crippen MR) is 127 cm³/mol. The molecule has 0 aromatic heterocycles. The molecule has 0 unspecified atom stereocenters. The minimum Gasteiger partial charge on any atom is -0.493 e. The van der Waals surface area contributed by atoms with Crippen molar-refractivity contribution in [3.63, 3.8) is 0 Å². The number of carbonyl (C=O) groups is 3. The zero-order valence-corrected chi connectivity index (χ0v) is 19.7. The Morgan fingerprint density at radius 3 is 2.48 bits per heavy atom. The van der Waals surface area contributed by atoms with Gasteiger partial charge in [-0.25, -0.2) is 4.79 Å². The summed E-state index contributed by atoms with van der Waals surface area (Å²) < 4.78 is 15.4. The Labute approximate surface area is 197 Å². The lowest BCUT2D eigenvalue weighted by molar-refractivity contribution is -0.142. The molecule has 2 rings (SSSR count). The lowest BCUT2D eigenvalue weighted by atomic mass is 10.1. The van der Waals surface area contributed by atoms with E-state index in [1.54, 1.807) is 36.4 Å². The second-order valence-electron chi connectivity index (χ2n) is 7.38. The molecule has 0 spiro atoms. The topological polar surface area (TPSA) is 103 Å². The van der Waals surface area contributed by atoms with Gasteiger partial charge in [0.15, 0.2) is 18.1 Å². The fourth-order valence-electron chi connectivity index (χ4n) is 2.75. The highest BCUT2D eigenvalue weighted by molar-refractivity contribution is 6.32. The number of halogens is 1. The first-order valence-electron chi connectivity index (χ1n) is 10.2. The summed E-state index contributed by atoms with van der Waals surface area (Å²) in [7, 11) is 2.94. The number of ether oxygens (including phenoxy) is 3. The van der Waals surface area contributed by atoms with E-state index in [2.05, 4.69) is 10.6 Å². The van der Waals surface area contributed by atoms with E-state index in [0.29, 0.717) is 39.9 Å². The van der Waals surface area contributed by atoms with Crippen molar-refractivity contribution in [2.45, 2.75) is 13.8 Å². The third kappa shape index (κ3) is 7.84. The third-order valence-electron chi connectivity index (χ3n) is 4.33. The van der Waals surface area contributed by atoms with Crippen LogP contribution in [-0.4, -0.2) is 45.2 Å². The Bertz CT molecular complexity index is 1040. The largest absolute Gasteiger partial charge is 0.493 e.